The fourth-order valence-corrected chi connectivity index (χ4v) is 6.62. The van der Waals surface area contributed by atoms with Crippen LogP contribution in [-0.2, 0) is 27.1 Å². The Morgan fingerprint density at radius 3 is 2.71 bits per heavy atom. The van der Waals surface area contributed by atoms with Gasteiger partial charge in [-0.1, -0.05) is 24.3 Å². The number of hydrogen-bond donors (Lipinski definition) is 0. The number of allylic oxidation sites excluding steroid dienone is 2. The van der Waals surface area contributed by atoms with E-state index in [1.165, 1.54) is 28.2 Å². The first kappa shape index (κ1) is 25.6. The van der Waals surface area contributed by atoms with E-state index in [4.69, 9.17) is 14.5 Å². The maximum absolute atomic E-state index is 14.1. The van der Waals surface area contributed by atoms with Crippen LogP contribution in [-0.4, -0.2) is 40.1 Å². The van der Waals surface area contributed by atoms with Gasteiger partial charge in [0.2, 0.25) is 0 Å². The third kappa shape index (κ3) is 5.07. The van der Waals surface area contributed by atoms with E-state index >= 15 is 0 Å². The van der Waals surface area contributed by atoms with E-state index in [-0.39, 0.29) is 12.6 Å². The van der Waals surface area contributed by atoms with Gasteiger partial charge in [-0.15, -0.1) is 11.3 Å². The Kier molecular flexibility index (Phi) is 7.21. The minimum absolute atomic E-state index is 0.169. The zero-order chi connectivity index (χ0) is 25.5. The topological polar surface area (TPSA) is 68.7 Å². The maximum atomic E-state index is 14.1. The van der Waals surface area contributed by atoms with Gasteiger partial charge >= 0.3 is 6.09 Å². The Hall–Kier alpha value is -2.51. The number of aromatic nitrogens is 1. The summed E-state index contributed by atoms with van der Waals surface area (Å²) in [6.45, 7) is 15.6. The molecule has 0 bridgehead atoms. The fraction of sp³-hybridized carbons (Fsp3) is 0.536. The number of fused-ring (bicyclic) bond motifs is 3. The normalized spacial score (nSPS) is 19.6. The highest BCUT2D eigenvalue weighted by Gasteiger charge is 2.44. The molecule has 1 aliphatic heterocycles. The van der Waals surface area contributed by atoms with Crippen LogP contribution in [0.1, 0.15) is 80.3 Å². The minimum Gasteiger partial charge on any atom is -0.447 e. The smallest absolute Gasteiger partial charge is 0.417 e. The van der Waals surface area contributed by atoms with Crippen molar-refractivity contribution in [3.63, 3.8) is 0 Å². The van der Waals surface area contributed by atoms with Gasteiger partial charge in [0.15, 0.2) is 6.10 Å². The van der Waals surface area contributed by atoms with Crippen LogP contribution in [0, 0.1) is 13.8 Å². The molecular formula is C28H36N2O4S. The molecule has 1 saturated heterocycles. The summed E-state index contributed by atoms with van der Waals surface area (Å²) in [5.74, 6) is -0.393. The molecule has 4 rings (SSSR count). The van der Waals surface area contributed by atoms with Gasteiger partial charge in [0, 0.05) is 21.5 Å². The van der Waals surface area contributed by atoms with Crippen LogP contribution in [0.3, 0.4) is 0 Å². The molecule has 2 aliphatic rings. The molecule has 188 valence electrons. The average molecular weight is 497 g/mol. The number of imide groups is 1. The third-order valence-corrected chi connectivity index (χ3v) is 7.89. The standard InChI is InChI=1S/C28H36N2O4S/c1-8-11-16(2)14-19-15-33-27(32)30(19)26(31)24(34-28(5,6)7)22-17(3)23-20-12-9-10-13-21(20)35-25(23)29-18(22)4/h8,11,19,24H,1,9-10,12-15H2,2-7H3. The van der Waals surface area contributed by atoms with Gasteiger partial charge in [-0.25, -0.2) is 14.7 Å². The molecule has 3 heterocycles. The number of carbonyl (C=O) groups excluding carboxylic acids is 2. The van der Waals surface area contributed by atoms with Gasteiger partial charge in [0.05, 0.1) is 11.6 Å². The Labute approximate surface area is 212 Å². The van der Waals surface area contributed by atoms with E-state index in [2.05, 4.69) is 13.5 Å². The summed E-state index contributed by atoms with van der Waals surface area (Å²) >= 11 is 1.77. The molecule has 35 heavy (non-hydrogen) atoms. The number of carbonyl (C=O) groups is 2. The lowest BCUT2D eigenvalue weighted by atomic mass is 9.91. The van der Waals surface area contributed by atoms with Crippen LogP contribution in [0.2, 0.25) is 0 Å². The highest BCUT2D eigenvalue weighted by Crippen LogP contribution is 2.42. The third-order valence-electron chi connectivity index (χ3n) is 6.71. The average Bonchev–Trinajstić information content (AvgIpc) is 3.31. The molecule has 2 aromatic rings. The number of cyclic esters (lactones) is 1. The van der Waals surface area contributed by atoms with Crippen LogP contribution in [0.5, 0.6) is 0 Å². The molecule has 0 N–H and O–H groups in total. The lowest BCUT2D eigenvalue weighted by Gasteiger charge is -2.32. The van der Waals surface area contributed by atoms with Crippen molar-refractivity contribution in [1.29, 1.82) is 0 Å². The Morgan fingerprint density at radius 2 is 2.03 bits per heavy atom. The molecule has 0 radical (unpaired) electrons. The van der Waals surface area contributed by atoms with Crippen molar-refractivity contribution in [2.45, 2.75) is 91.4 Å². The van der Waals surface area contributed by atoms with Gasteiger partial charge in [0.25, 0.3) is 5.91 Å². The number of pyridine rings is 1. The van der Waals surface area contributed by atoms with Crippen molar-refractivity contribution in [1.82, 2.24) is 9.88 Å². The van der Waals surface area contributed by atoms with Crippen LogP contribution >= 0.6 is 11.3 Å². The Morgan fingerprint density at radius 1 is 1.31 bits per heavy atom. The highest BCUT2D eigenvalue weighted by molar-refractivity contribution is 7.18. The van der Waals surface area contributed by atoms with Gasteiger partial charge in [0.1, 0.15) is 11.4 Å². The predicted octanol–water partition coefficient (Wildman–Crippen LogP) is 6.52. The monoisotopic (exact) mass is 496 g/mol. The molecule has 2 atom stereocenters. The first-order valence-electron chi connectivity index (χ1n) is 12.4. The van der Waals surface area contributed by atoms with Gasteiger partial charge in [-0.05, 0) is 84.8 Å². The molecule has 2 amide bonds. The molecule has 2 aromatic heterocycles. The largest absolute Gasteiger partial charge is 0.447 e. The first-order chi connectivity index (χ1) is 16.5. The van der Waals surface area contributed by atoms with Gasteiger partial charge in [-0.3, -0.25) is 4.79 Å². The van der Waals surface area contributed by atoms with Crippen molar-refractivity contribution in [2.75, 3.05) is 6.61 Å². The first-order valence-corrected chi connectivity index (χ1v) is 13.2. The van der Waals surface area contributed by atoms with Crippen LogP contribution in [0.4, 0.5) is 4.79 Å². The highest BCUT2D eigenvalue weighted by atomic mass is 32.1. The summed E-state index contributed by atoms with van der Waals surface area (Å²) in [5.41, 5.74) is 4.34. The molecule has 0 saturated carbocycles. The molecule has 1 fully saturated rings. The van der Waals surface area contributed by atoms with Crippen molar-refractivity contribution < 1.29 is 19.1 Å². The summed E-state index contributed by atoms with van der Waals surface area (Å²) in [7, 11) is 0. The SMILES string of the molecule is C=CC=C(C)CC1COC(=O)N1C(=O)C(OC(C)(C)C)c1c(C)nc2sc3c(c2c1C)CCCC3. The summed E-state index contributed by atoms with van der Waals surface area (Å²) in [4.78, 5) is 35.5. The predicted molar refractivity (Wildman–Crippen MR) is 140 cm³/mol. The molecule has 7 heteroatoms. The molecule has 0 spiro atoms. The van der Waals surface area contributed by atoms with Gasteiger partial charge < -0.3 is 9.47 Å². The fourth-order valence-electron chi connectivity index (χ4n) is 5.26. The second kappa shape index (κ2) is 9.86. The maximum Gasteiger partial charge on any atom is 0.417 e. The number of aryl methyl sites for hydroxylation is 4. The Bertz CT molecular complexity index is 1200. The van der Waals surface area contributed by atoms with E-state index in [1.807, 2.05) is 40.7 Å². The van der Waals surface area contributed by atoms with Crippen molar-refractivity contribution in [3.05, 3.63) is 51.6 Å². The van der Waals surface area contributed by atoms with Gasteiger partial charge in [-0.2, -0.15) is 0 Å². The molecule has 6 nitrogen and oxygen atoms in total. The second-order valence-electron chi connectivity index (χ2n) is 10.6. The quantitative estimate of drug-likeness (QED) is 0.426. The van der Waals surface area contributed by atoms with Crippen molar-refractivity contribution in [3.8, 4) is 0 Å². The minimum atomic E-state index is -0.956. The zero-order valence-electron chi connectivity index (χ0n) is 21.7. The molecule has 1 aliphatic carbocycles. The van der Waals surface area contributed by atoms with Crippen molar-refractivity contribution in [2.24, 2.45) is 0 Å². The molecule has 0 aromatic carbocycles. The summed E-state index contributed by atoms with van der Waals surface area (Å²) in [5, 5.41) is 1.16. The van der Waals surface area contributed by atoms with E-state index in [0.29, 0.717) is 6.42 Å². The lowest BCUT2D eigenvalue weighted by Crippen LogP contribution is -2.44. The number of nitrogens with zero attached hydrogens (tertiary/aromatic N) is 2. The zero-order valence-corrected chi connectivity index (χ0v) is 22.5. The number of amides is 2. The molecule has 2 unspecified atom stereocenters. The summed E-state index contributed by atoms with van der Waals surface area (Å²) in [6, 6.07) is -0.386. The summed E-state index contributed by atoms with van der Waals surface area (Å²) < 4.78 is 11.7. The Balaban J connectivity index is 1.81. The number of ether oxygens (including phenoxy) is 2. The second-order valence-corrected chi connectivity index (χ2v) is 11.7. The number of hydrogen-bond acceptors (Lipinski definition) is 6. The molecular weight excluding hydrogens is 460 g/mol. The van der Waals surface area contributed by atoms with E-state index in [0.717, 1.165) is 45.5 Å². The van der Waals surface area contributed by atoms with Crippen LogP contribution in [0.25, 0.3) is 10.2 Å². The van der Waals surface area contributed by atoms with E-state index < -0.39 is 23.7 Å². The number of thiophene rings is 1. The van der Waals surface area contributed by atoms with Crippen LogP contribution in [0.15, 0.2) is 24.3 Å². The van der Waals surface area contributed by atoms with E-state index in [1.54, 1.807) is 17.4 Å². The van der Waals surface area contributed by atoms with Crippen molar-refractivity contribution >= 4 is 33.6 Å². The van der Waals surface area contributed by atoms with Crippen LogP contribution < -0.4 is 0 Å². The lowest BCUT2D eigenvalue weighted by molar-refractivity contribution is -0.152. The van der Waals surface area contributed by atoms with E-state index in [9.17, 15) is 9.59 Å². The summed E-state index contributed by atoms with van der Waals surface area (Å²) in [6.07, 6.45) is 7.05. The number of rotatable bonds is 6.